The molecule has 0 spiro atoms. The number of morpholine rings is 1. The van der Waals surface area contributed by atoms with Crippen LogP contribution in [-0.2, 0) is 4.74 Å². The number of nitrogens with one attached hydrogen (secondary N) is 2. The first-order valence-electron chi connectivity index (χ1n) is 9.04. The van der Waals surface area contributed by atoms with Crippen LogP contribution < -0.4 is 10.2 Å². The highest BCUT2D eigenvalue weighted by atomic mass is 32.1. The van der Waals surface area contributed by atoms with Crippen molar-refractivity contribution in [2.45, 2.75) is 6.04 Å². The fourth-order valence-corrected chi connectivity index (χ4v) is 4.43. The maximum atomic E-state index is 12.7. The van der Waals surface area contributed by atoms with Gasteiger partial charge < -0.3 is 15.0 Å². The molecule has 2 aromatic carbocycles. The van der Waals surface area contributed by atoms with Crippen LogP contribution in [0, 0.1) is 0 Å². The number of ether oxygens (including phenoxy) is 1. The minimum absolute atomic E-state index is 0.00929. The molecule has 1 aromatic heterocycles. The Kier molecular flexibility index (Phi) is 5.29. The fourth-order valence-electron chi connectivity index (χ4n) is 3.55. The van der Waals surface area contributed by atoms with Crippen LogP contribution in [0.3, 0.4) is 0 Å². The van der Waals surface area contributed by atoms with Crippen molar-refractivity contribution in [1.29, 1.82) is 0 Å². The molecule has 1 amide bonds. The summed E-state index contributed by atoms with van der Waals surface area (Å²) in [4.78, 5) is 15.5. The standard InChI is InChI=1S/C21H22N2O2S/c24-21(18-8-7-16-4-1-2-5-17(16)14-18)22-15-19(20-6-3-13-26-20)23-9-11-25-12-10-23/h1-8,13-14,19H,9-12,15H2,(H,22,24)/p+1/t19-/m0/s1. The van der Waals surface area contributed by atoms with Gasteiger partial charge in [-0.1, -0.05) is 36.4 Å². The second-order valence-electron chi connectivity index (χ2n) is 6.61. The largest absolute Gasteiger partial charge is 0.370 e. The number of hydrogen-bond donors (Lipinski definition) is 2. The van der Waals surface area contributed by atoms with Crippen molar-refractivity contribution in [2.24, 2.45) is 0 Å². The normalized spacial score (nSPS) is 16.5. The smallest absolute Gasteiger partial charge is 0.251 e. The van der Waals surface area contributed by atoms with Crippen molar-refractivity contribution < 1.29 is 14.4 Å². The van der Waals surface area contributed by atoms with Crippen LogP contribution in [0.15, 0.2) is 60.0 Å². The second kappa shape index (κ2) is 7.99. The van der Waals surface area contributed by atoms with Gasteiger partial charge in [-0.3, -0.25) is 4.79 Å². The first-order valence-corrected chi connectivity index (χ1v) is 9.92. The minimum Gasteiger partial charge on any atom is -0.370 e. The lowest BCUT2D eigenvalue weighted by molar-refractivity contribution is -0.937. The Hall–Kier alpha value is -2.21. The number of thiophene rings is 1. The minimum atomic E-state index is -0.00929. The Morgan fingerprint density at radius 1 is 1.08 bits per heavy atom. The molecule has 1 aliphatic rings. The van der Waals surface area contributed by atoms with Crippen LogP contribution in [0.1, 0.15) is 21.3 Å². The molecule has 1 saturated heterocycles. The lowest BCUT2D eigenvalue weighted by atomic mass is 10.1. The number of carbonyl (C=O) groups excluding carboxylic acids is 1. The van der Waals surface area contributed by atoms with E-state index in [-0.39, 0.29) is 11.9 Å². The summed E-state index contributed by atoms with van der Waals surface area (Å²) < 4.78 is 5.50. The third-order valence-corrected chi connectivity index (χ3v) is 5.98. The van der Waals surface area contributed by atoms with Crippen molar-refractivity contribution >= 4 is 28.0 Å². The van der Waals surface area contributed by atoms with Crippen LogP contribution in [0.5, 0.6) is 0 Å². The zero-order valence-electron chi connectivity index (χ0n) is 14.6. The summed E-state index contributed by atoms with van der Waals surface area (Å²) in [6.07, 6.45) is 0. The first kappa shape index (κ1) is 17.2. The molecule has 134 valence electrons. The molecule has 3 aromatic rings. The van der Waals surface area contributed by atoms with Gasteiger partial charge in [0.15, 0.2) is 0 Å². The van der Waals surface area contributed by atoms with Crippen molar-refractivity contribution in [1.82, 2.24) is 5.32 Å². The summed E-state index contributed by atoms with van der Waals surface area (Å²) in [6, 6.07) is 18.5. The highest BCUT2D eigenvalue weighted by Crippen LogP contribution is 2.18. The summed E-state index contributed by atoms with van der Waals surface area (Å²) in [6.45, 7) is 4.18. The Morgan fingerprint density at radius 2 is 1.88 bits per heavy atom. The van der Waals surface area contributed by atoms with Gasteiger partial charge in [-0.05, 0) is 34.4 Å². The van der Waals surface area contributed by atoms with Crippen LogP contribution in [0.25, 0.3) is 10.8 Å². The number of hydrogen-bond acceptors (Lipinski definition) is 3. The summed E-state index contributed by atoms with van der Waals surface area (Å²) in [5.41, 5.74) is 0.714. The molecule has 0 aliphatic carbocycles. The van der Waals surface area contributed by atoms with Gasteiger partial charge in [0.25, 0.3) is 5.91 Å². The van der Waals surface area contributed by atoms with E-state index in [4.69, 9.17) is 4.74 Å². The van der Waals surface area contributed by atoms with Gasteiger partial charge in [0.1, 0.15) is 19.1 Å². The number of amides is 1. The van der Waals surface area contributed by atoms with E-state index in [0.717, 1.165) is 37.1 Å². The molecule has 0 radical (unpaired) electrons. The molecule has 5 heteroatoms. The molecule has 0 bridgehead atoms. The average molecular weight is 367 g/mol. The van der Waals surface area contributed by atoms with Crippen molar-refractivity contribution in [3.8, 4) is 0 Å². The Morgan fingerprint density at radius 3 is 2.65 bits per heavy atom. The van der Waals surface area contributed by atoms with Gasteiger partial charge in [-0.2, -0.15) is 0 Å². The summed E-state index contributed by atoms with van der Waals surface area (Å²) >= 11 is 1.76. The molecule has 0 unspecified atom stereocenters. The number of benzene rings is 2. The summed E-state index contributed by atoms with van der Waals surface area (Å²) in [5, 5.41) is 7.50. The van der Waals surface area contributed by atoms with E-state index >= 15 is 0 Å². The molecule has 26 heavy (non-hydrogen) atoms. The van der Waals surface area contributed by atoms with Gasteiger partial charge in [0.2, 0.25) is 0 Å². The average Bonchev–Trinajstić information content (AvgIpc) is 3.23. The van der Waals surface area contributed by atoms with Gasteiger partial charge in [0.05, 0.1) is 24.6 Å². The van der Waals surface area contributed by atoms with Crippen LogP contribution in [0.2, 0.25) is 0 Å². The van der Waals surface area contributed by atoms with E-state index in [1.54, 1.807) is 11.3 Å². The third kappa shape index (κ3) is 3.80. The molecular weight excluding hydrogens is 344 g/mol. The van der Waals surface area contributed by atoms with E-state index in [1.807, 2.05) is 36.4 Å². The van der Waals surface area contributed by atoms with E-state index in [1.165, 1.54) is 9.78 Å². The molecular formula is C21H23N2O2S+. The highest BCUT2D eigenvalue weighted by Gasteiger charge is 2.27. The van der Waals surface area contributed by atoms with E-state index in [9.17, 15) is 4.79 Å². The molecule has 0 saturated carbocycles. The predicted octanol–water partition coefficient (Wildman–Crippen LogP) is 2.29. The van der Waals surface area contributed by atoms with Crippen molar-refractivity contribution in [3.63, 3.8) is 0 Å². The highest BCUT2D eigenvalue weighted by molar-refractivity contribution is 7.10. The van der Waals surface area contributed by atoms with Gasteiger partial charge in [0, 0.05) is 5.56 Å². The third-order valence-electron chi connectivity index (χ3n) is 4.99. The Balaban J connectivity index is 1.48. The monoisotopic (exact) mass is 367 g/mol. The summed E-state index contributed by atoms with van der Waals surface area (Å²) in [7, 11) is 0. The van der Waals surface area contributed by atoms with Crippen molar-refractivity contribution in [3.05, 3.63) is 70.4 Å². The van der Waals surface area contributed by atoms with Crippen LogP contribution >= 0.6 is 11.3 Å². The maximum Gasteiger partial charge on any atom is 0.251 e. The zero-order chi connectivity index (χ0) is 17.8. The first-order chi connectivity index (χ1) is 12.8. The molecule has 1 atom stereocenters. The maximum absolute atomic E-state index is 12.7. The zero-order valence-corrected chi connectivity index (χ0v) is 15.4. The molecule has 1 aliphatic heterocycles. The molecule has 4 rings (SSSR count). The molecule has 2 heterocycles. The number of quaternary nitrogens is 1. The lowest BCUT2D eigenvalue weighted by Gasteiger charge is -2.31. The topological polar surface area (TPSA) is 42.8 Å². The number of rotatable bonds is 5. The molecule has 1 fully saturated rings. The molecule has 2 N–H and O–H groups in total. The Labute approximate surface area is 157 Å². The SMILES string of the molecule is O=C(NC[C@@H](c1cccs1)[NH+]1CCOCC1)c1ccc2ccccc2c1. The van der Waals surface area contributed by atoms with E-state index in [0.29, 0.717) is 12.1 Å². The second-order valence-corrected chi connectivity index (χ2v) is 7.59. The molecule has 4 nitrogen and oxygen atoms in total. The number of fused-ring (bicyclic) bond motifs is 1. The van der Waals surface area contributed by atoms with Crippen LogP contribution in [0.4, 0.5) is 0 Å². The number of carbonyl (C=O) groups is 1. The van der Waals surface area contributed by atoms with E-state index < -0.39 is 0 Å². The van der Waals surface area contributed by atoms with E-state index in [2.05, 4.69) is 28.9 Å². The summed E-state index contributed by atoms with van der Waals surface area (Å²) in [5.74, 6) is -0.00929. The Bertz CT molecular complexity index is 873. The quantitative estimate of drug-likeness (QED) is 0.727. The van der Waals surface area contributed by atoms with Gasteiger partial charge in [-0.15, -0.1) is 11.3 Å². The van der Waals surface area contributed by atoms with Crippen LogP contribution in [-0.4, -0.2) is 38.8 Å². The van der Waals surface area contributed by atoms with Crippen molar-refractivity contribution in [2.75, 3.05) is 32.8 Å². The predicted molar refractivity (Wildman–Crippen MR) is 105 cm³/mol. The van der Waals surface area contributed by atoms with Gasteiger partial charge in [-0.25, -0.2) is 0 Å². The fraction of sp³-hybridized carbons (Fsp3) is 0.286. The lowest BCUT2D eigenvalue weighted by Crippen LogP contribution is -3.15. The van der Waals surface area contributed by atoms with Gasteiger partial charge >= 0.3 is 0 Å².